The molecule has 1 aromatic heterocycles. The first-order valence-corrected chi connectivity index (χ1v) is 5.77. The number of hydrogen-bond donors (Lipinski definition) is 2. The SMILES string of the molecule is C#Cc1cn([C@@H]2O[C@H](C(C)=O)[C@@H](O)C2(F)F)c(=O)nc1N. The molecule has 1 saturated heterocycles. The smallest absolute Gasteiger partial charge is 0.351 e. The molecule has 21 heavy (non-hydrogen) atoms. The predicted molar refractivity (Wildman–Crippen MR) is 66.4 cm³/mol. The molecule has 7 nitrogen and oxygen atoms in total. The Labute approximate surface area is 117 Å². The molecular formula is C12H11F2N3O4. The van der Waals surface area contributed by atoms with Gasteiger partial charge in [-0.15, -0.1) is 6.42 Å². The molecule has 0 aromatic carbocycles. The molecule has 0 bridgehead atoms. The quantitative estimate of drug-likeness (QED) is 0.699. The van der Waals surface area contributed by atoms with Gasteiger partial charge in [0, 0.05) is 6.20 Å². The van der Waals surface area contributed by atoms with Crippen molar-refractivity contribution in [3.05, 3.63) is 22.2 Å². The van der Waals surface area contributed by atoms with Crippen LogP contribution >= 0.6 is 0 Å². The Kier molecular flexibility index (Phi) is 3.52. The molecule has 112 valence electrons. The van der Waals surface area contributed by atoms with Gasteiger partial charge in [-0.1, -0.05) is 5.92 Å². The Morgan fingerprint density at radius 1 is 1.67 bits per heavy atom. The van der Waals surface area contributed by atoms with Crippen molar-refractivity contribution in [2.45, 2.75) is 31.3 Å². The Hall–Kier alpha value is -2.31. The second-order valence-corrected chi connectivity index (χ2v) is 4.51. The van der Waals surface area contributed by atoms with Gasteiger partial charge in [0.05, 0.1) is 5.56 Å². The largest absolute Gasteiger partial charge is 0.383 e. The van der Waals surface area contributed by atoms with Crippen molar-refractivity contribution < 1.29 is 23.4 Å². The minimum atomic E-state index is -3.87. The summed E-state index contributed by atoms with van der Waals surface area (Å²) in [4.78, 5) is 26.2. The molecule has 0 radical (unpaired) electrons. The number of aliphatic hydroxyl groups excluding tert-OH is 1. The van der Waals surface area contributed by atoms with E-state index in [1.54, 1.807) is 0 Å². The number of nitrogen functional groups attached to an aromatic ring is 1. The maximum Gasteiger partial charge on any atom is 0.351 e. The number of nitrogens with two attached hydrogens (primary N) is 1. The molecule has 0 spiro atoms. The van der Waals surface area contributed by atoms with Crippen LogP contribution in [0.2, 0.25) is 0 Å². The summed E-state index contributed by atoms with van der Waals surface area (Å²) in [6.07, 6.45) is -0.328. The number of ether oxygens (including phenoxy) is 1. The molecule has 0 aliphatic carbocycles. The van der Waals surface area contributed by atoms with Crippen molar-refractivity contribution >= 4 is 11.6 Å². The average molecular weight is 299 g/mol. The van der Waals surface area contributed by atoms with E-state index >= 15 is 0 Å². The van der Waals surface area contributed by atoms with Gasteiger partial charge in [0.1, 0.15) is 5.82 Å². The molecule has 0 amide bonds. The van der Waals surface area contributed by atoms with Crippen LogP contribution in [0.1, 0.15) is 18.7 Å². The minimum Gasteiger partial charge on any atom is -0.383 e. The van der Waals surface area contributed by atoms with Crippen molar-refractivity contribution in [3.8, 4) is 12.3 Å². The number of alkyl halides is 2. The highest BCUT2D eigenvalue weighted by Gasteiger charge is 2.61. The van der Waals surface area contributed by atoms with Crippen LogP contribution in [0.15, 0.2) is 11.0 Å². The first-order chi connectivity index (χ1) is 9.70. The van der Waals surface area contributed by atoms with E-state index in [1.165, 1.54) is 0 Å². The number of rotatable bonds is 2. The molecule has 2 heterocycles. The molecule has 0 saturated carbocycles. The highest BCUT2D eigenvalue weighted by molar-refractivity contribution is 5.81. The first-order valence-electron chi connectivity index (χ1n) is 5.77. The Bertz CT molecular complexity index is 695. The van der Waals surface area contributed by atoms with Crippen LogP contribution in [0.4, 0.5) is 14.6 Å². The van der Waals surface area contributed by atoms with Gasteiger partial charge in [-0.25, -0.2) is 4.79 Å². The molecule has 0 unspecified atom stereocenters. The second-order valence-electron chi connectivity index (χ2n) is 4.51. The third-order valence-corrected chi connectivity index (χ3v) is 3.08. The first kappa shape index (κ1) is 15.1. The molecule has 1 fully saturated rings. The van der Waals surface area contributed by atoms with E-state index < -0.39 is 35.8 Å². The number of anilines is 1. The zero-order valence-electron chi connectivity index (χ0n) is 10.8. The predicted octanol–water partition coefficient (Wildman–Crippen LogP) is -0.711. The van der Waals surface area contributed by atoms with Crippen LogP contribution in [0, 0.1) is 12.3 Å². The summed E-state index contributed by atoms with van der Waals surface area (Å²) in [5.41, 5.74) is 4.15. The normalized spacial score (nSPS) is 27.3. The average Bonchev–Trinajstić information content (AvgIpc) is 2.62. The number of Topliss-reactive ketones (excluding diaryl/α,β-unsaturated/α-hetero) is 1. The van der Waals surface area contributed by atoms with Crippen LogP contribution in [0.3, 0.4) is 0 Å². The highest BCUT2D eigenvalue weighted by Crippen LogP contribution is 2.42. The fourth-order valence-corrected chi connectivity index (χ4v) is 1.98. The lowest BCUT2D eigenvalue weighted by Crippen LogP contribution is -2.42. The number of carbonyl (C=O) groups is 1. The molecule has 9 heteroatoms. The summed E-state index contributed by atoms with van der Waals surface area (Å²) in [5, 5.41) is 9.49. The van der Waals surface area contributed by atoms with E-state index in [1.807, 2.05) is 0 Å². The molecule has 3 N–H and O–H groups in total. The van der Waals surface area contributed by atoms with E-state index in [0.29, 0.717) is 4.57 Å². The number of nitrogens with zero attached hydrogens (tertiary/aromatic N) is 2. The molecule has 2 rings (SSSR count). The number of halogens is 2. The molecule has 3 atom stereocenters. The summed E-state index contributed by atoms with van der Waals surface area (Å²) in [6, 6.07) is 0. The Morgan fingerprint density at radius 3 is 2.76 bits per heavy atom. The fourth-order valence-electron chi connectivity index (χ4n) is 1.98. The monoisotopic (exact) mass is 299 g/mol. The van der Waals surface area contributed by atoms with Gasteiger partial charge in [-0.2, -0.15) is 13.8 Å². The van der Waals surface area contributed by atoms with E-state index in [-0.39, 0.29) is 11.4 Å². The maximum absolute atomic E-state index is 14.0. The summed E-state index contributed by atoms with van der Waals surface area (Å²) < 4.78 is 33.3. The van der Waals surface area contributed by atoms with Gasteiger partial charge >= 0.3 is 11.6 Å². The molecular weight excluding hydrogens is 288 g/mol. The number of ketones is 1. The summed E-state index contributed by atoms with van der Waals surface area (Å²) >= 11 is 0. The zero-order chi connectivity index (χ0) is 15.9. The summed E-state index contributed by atoms with van der Waals surface area (Å²) in [7, 11) is 0. The maximum atomic E-state index is 14.0. The van der Waals surface area contributed by atoms with Crippen molar-refractivity contribution in [2.24, 2.45) is 0 Å². The van der Waals surface area contributed by atoms with Crippen molar-refractivity contribution in [3.63, 3.8) is 0 Å². The van der Waals surface area contributed by atoms with E-state index in [0.717, 1.165) is 13.1 Å². The third kappa shape index (κ3) is 2.28. The van der Waals surface area contributed by atoms with Crippen LogP contribution in [-0.4, -0.2) is 38.6 Å². The fraction of sp³-hybridized carbons (Fsp3) is 0.417. The van der Waals surface area contributed by atoms with Crippen LogP contribution in [0.5, 0.6) is 0 Å². The van der Waals surface area contributed by atoms with Gasteiger partial charge in [-0.05, 0) is 6.92 Å². The number of hydrogen-bond acceptors (Lipinski definition) is 6. The highest BCUT2D eigenvalue weighted by atomic mass is 19.3. The van der Waals surface area contributed by atoms with Gasteiger partial charge in [0.25, 0.3) is 0 Å². The van der Waals surface area contributed by atoms with Gasteiger partial charge in [-0.3, -0.25) is 9.36 Å². The van der Waals surface area contributed by atoms with Crippen molar-refractivity contribution in [1.82, 2.24) is 9.55 Å². The van der Waals surface area contributed by atoms with Crippen LogP contribution < -0.4 is 11.4 Å². The van der Waals surface area contributed by atoms with Gasteiger partial charge < -0.3 is 15.6 Å². The Morgan fingerprint density at radius 2 is 2.29 bits per heavy atom. The van der Waals surface area contributed by atoms with E-state index in [4.69, 9.17) is 16.9 Å². The van der Waals surface area contributed by atoms with Crippen molar-refractivity contribution in [1.29, 1.82) is 0 Å². The second kappa shape index (κ2) is 4.91. The third-order valence-electron chi connectivity index (χ3n) is 3.08. The molecule has 1 aliphatic heterocycles. The van der Waals surface area contributed by atoms with Crippen molar-refractivity contribution in [2.75, 3.05) is 5.73 Å². The summed E-state index contributed by atoms with van der Waals surface area (Å²) in [6.45, 7) is 0.989. The van der Waals surface area contributed by atoms with Crippen LogP contribution in [-0.2, 0) is 9.53 Å². The number of aliphatic hydroxyl groups is 1. The van der Waals surface area contributed by atoms with Crippen LogP contribution in [0.25, 0.3) is 0 Å². The lowest BCUT2D eigenvalue weighted by atomic mass is 10.1. The number of terminal acetylenes is 1. The van der Waals surface area contributed by atoms with E-state index in [2.05, 4.69) is 10.9 Å². The zero-order valence-corrected chi connectivity index (χ0v) is 10.8. The topological polar surface area (TPSA) is 107 Å². The Balaban J connectivity index is 2.55. The lowest BCUT2D eigenvalue weighted by molar-refractivity contribution is -0.141. The lowest BCUT2D eigenvalue weighted by Gasteiger charge is -2.21. The van der Waals surface area contributed by atoms with Gasteiger partial charge in [0.2, 0.25) is 6.23 Å². The summed E-state index contributed by atoms with van der Waals surface area (Å²) in [5.74, 6) is -2.87. The minimum absolute atomic E-state index is 0.0882. The van der Waals surface area contributed by atoms with E-state index in [9.17, 15) is 23.5 Å². The standard InChI is InChI=1S/C12H11F2N3O4/c1-3-6-4-17(11(20)16-9(6)15)10-12(13,14)8(19)7(21-10)5(2)18/h1,4,7-8,10,19H,2H3,(H2,15,16,20)/t7-,8-,10-/m1/s1. The van der Waals surface area contributed by atoms with Gasteiger partial charge in [0.15, 0.2) is 18.0 Å². The number of carbonyl (C=O) groups excluding carboxylic acids is 1. The molecule has 1 aromatic rings. The molecule has 1 aliphatic rings. The number of aromatic nitrogens is 2.